The van der Waals surface area contributed by atoms with Crippen LogP contribution in [-0.2, 0) is 10.0 Å². The van der Waals surface area contributed by atoms with Crippen molar-refractivity contribution in [2.45, 2.75) is 45.1 Å². The molecule has 6 nitrogen and oxygen atoms in total. The molecule has 2 aromatic rings. The first kappa shape index (κ1) is 18.5. The molecule has 1 heterocycles. The molecule has 1 aromatic carbocycles. The Morgan fingerprint density at radius 1 is 1.21 bits per heavy atom. The Morgan fingerprint density at radius 2 is 1.83 bits per heavy atom. The zero-order chi connectivity index (χ0) is 17.9. The van der Waals surface area contributed by atoms with Gasteiger partial charge in [-0.15, -0.1) is 0 Å². The monoisotopic (exact) mass is 352 g/mol. The topological polar surface area (TPSA) is 81.4 Å². The van der Waals surface area contributed by atoms with Crippen LogP contribution >= 0.6 is 0 Å². The van der Waals surface area contributed by atoms with Crippen LogP contribution in [0.4, 0.5) is 0 Å². The van der Waals surface area contributed by atoms with E-state index >= 15 is 0 Å². The van der Waals surface area contributed by atoms with Crippen LogP contribution in [0.5, 0.6) is 5.75 Å². The molecule has 0 radical (unpaired) electrons. The van der Waals surface area contributed by atoms with Crippen LogP contribution in [0.25, 0.3) is 0 Å². The van der Waals surface area contributed by atoms with Gasteiger partial charge in [-0.05, 0) is 43.9 Å². The van der Waals surface area contributed by atoms with E-state index in [0.717, 1.165) is 11.3 Å². The number of aryl methyl sites for hydroxylation is 2. The third-order valence-corrected chi connectivity index (χ3v) is 5.47. The maximum atomic E-state index is 12.8. The minimum absolute atomic E-state index is 0.116. The fourth-order valence-electron chi connectivity index (χ4n) is 2.66. The SMILES string of the molecule is COc1ccc([C@H](CC(C)C)NS(=O)(=O)c2c(C)noc2C)cc1. The van der Waals surface area contributed by atoms with Crippen molar-refractivity contribution >= 4 is 10.0 Å². The first-order valence-electron chi connectivity index (χ1n) is 7.83. The molecule has 0 fully saturated rings. The zero-order valence-electron chi connectivity index (χ0n) is 14.7. The number of methoxy groups -OCH3 is 1. The lowest BCUT2D eigenvalue weighted by molar-refractivity contribution is 0.390. The summed E-state index contributed by atoms with van der Waals surface area (Å²) in [4.78, 5) is 0.116. The van der Waals surface area contributed by atoms with E-state index < -0.39 is 10.0 Å². The summed E-state index contributed by atoms with van der Waals surface area (Å²) in [6.07, 6.45) is 0.676. The van der Waals surface area contributed by atoms with Gasteiger partial charge in [-0.25, -0.2) is 13.1 Å². The van der Waals surface area contributed by atoms with E-state index in [-0.39, 0.29) is 16.7 Å². The standard InChI is InChI=1S/C17H24N2O4S/c1-11(2)10-16(14-6-8-15(22-5)9-7-14)19-24(20,21)17-12(3)18-23-13(17)4/h6-9,11,16,19H,10H2,1-5H3/t16-/m0/s1. The molecule has 0 spiro atoms. The van der Waals surface area contributed by atoms with Crippen molar-refractivity contribution in [2.24, 2.45) is 5.92 Å². The number of aromatic nitrogens is 1. The summed E-state index contributed by atoms with van der Waals surface area (Å²) in [5.74, 6) is 1.35. The van der Waals surface area contributed by atoms with E-state index in [0.29, 0.717) is 18.0 Å². The lowest BCUT2D eigenvalue weighted by atomic mass is 9.98. The molecule has 0 unspecified atom stereocenters. The van der Waals surface area contributed by atoms with E-state index in [9.17, 15) is 8.42 Å². The van der Waals surface area contributed by atoms with Gasteiger partial charge in [0.15, 0.2) is 5.76 Å². The van der Waals surface area contributed by atoms with E-state index in [1.165, 1.54) is 0 Å². The first-order chi connectivity index (χ1) is 11.2. The summed E-state index contributed by atoms with van der Waals surface area (Å²) >= 11 is 0. The van der Waals surface area contributed by atoms with E-state index in [2.05, 4.69) is 23.7 Å². The number of sulfonamides is 1. The Balaban J connectivity index is 2.34. The molecule has 132 valence electrons. The van der Waals surface area contributed by atoms with Crippen molar-refractivity contribution in [3.8, 4) is 5.75 Å². The molecule has 0 saturated carbocycles. The average Bonchev–Trinajstić information content (AvgIpc) is 2.85. The predicted octanol–water partition coefficient (Wildman–Crippen LogP) is 3.37. The van der Waals surface area contributed by atoms with Crippen molar-refractivity contribution in [2.75, 3.05) is 7.11 Å². The summed E-state index contributed by atoms with van der Waals surface area (Å²) < 4.78 is 38.5. The number of nitrogens with one attached hydrogen (secondary N) is 1. The maximum Gasteiger partial charge on any atom is 0.246 e. The van der Waals surface area contributed by atoms with Gasteiger partial charge in [0.05, 0.1) is 7.11 Å². The second-order valence-electron chi connectivity index (χ2n) is 6.23. The van der Waals surface area contributed by atoms with Gasteiger partial charge < -0.3 is 9.26 Å². The molecule has 2 rings (SSSR count). The highest BCUT2D eigenvalue weighted by Gasteiger charge is 2.28. The van der Waals surface area contributed by atoms with Crippen molar-refractivity contribution < 1.29 is 17.7 Å². The number of ether oxygens (including phenoxy) is 1. The third-order valence-electron chi connectivity index (χ3n) is 3.76. The molecule has 1 aromatic heterocycles. The van der Waals surface area contributed by atoms with Crippen LogP contribution in [0.15, 0.2) is 33.7 Å². The Morgan fingerprint density at radius 3 is 2.29 bits per heavy atom. The second-order valence-corrected chi connectivity index (χ2v) is 7.88. The van der Waals surface area contributed by atoms with Crippen molar-refractivity contribution in [3.05, 3.63) is 41.3 Å². The normalized spacial score (nSPS) is 13.2. The molecular formula is C17H24N2O4S. The number of benzene rings is 1. The zero-order valence-corrected chi connectivity index (χ0v) is 15.5. The Labute approximate surface area is 143 Å². The highest BCUT2D eigenvalue weighted by atomic mass is 32.2. The minimum Gasteiger partial charge on any atom is -0.497 e. The molecule has 0 aliphatic heterocycles. The van der Waals surface area contributed by atoms with Crippen LogP contribution in [0.3, 0.4) is 0 Å². The van der Waals surface area contributed by atoms with Crippen molar-refractivity contribution in [3.63, 3.8) is 0 Å². The summed E-state index contributed by atoms with van der Waals surface area (Å²) in [6.45, 7) is 7.33. The Bertz CT molecular complexity index is 760. The van der Waals surface area contributed by atoms with Gasteiger partial charge >= 0.3 is 0 Å². The minimum atomic E-state index is -3.72. The molecular weight excluding hydrogens is 328 g/mol. The van der Waals surface area contributed by atoms with E-state index in [4.69, 9.17) is 9.26 Å². The Kier molecular flexibility index (Phi) is 5.66. The maximum absolute atomic E-state index is 12.8. The molecule has 1 N–H and O–H groups in total. The molecule has 24 heavy (non-hydrogen) atoms. The van der Waals surface area contributed by atoms with Crippen LogP contribution in [0, 0.1) is 19.8 Å². The number of hydrogen-bond donors (Lipinski definition) is 1. The van der Waals surface area contributed by atoms with Gasteiger partial charge in [-0.2, -0.15) is 0 Å². The largest absolute Gasteiger partial charge is 0.497 e. The van der Waals surface area contributed by atoms with Crippen LogP contribution in [0.2, 0.25) is 0 Å². The molecule has 0 saturated heterocycles. The van der Waals surface area contributed by atoms with E-state index in [1.54, 1.807) is 21.0 Å². The summed E-state index contributed by atoms with van der Waals surface area (Å²) in [5, 5.41) is 3.74. The first-order valence-corrected chi connectivity index (χ1v) is 9.32. The molecule has 0 aliphatic rings. The lowest BCUT2D eigenvalue weighted by Gasteiger charge is -2.21. The van der Waals surface area contributed by atoms with Gasteiger partial charge in [0.2, 0.25) is 10.0 Å². The van der Waals surface area contributed by atoms with Crippen molar-refractivity contribution in [1.82, 2.24) is 9.88 Å². The molecule has 0 bridgehead atoms. The quantitative estimate of drug-likeness (QED) is 0.826. The van der Waals surface area contributed by atoms with Crippen LogP contribution in [0.1, 0.15) is 43.3 Å². The van der Waals surface area contributed by atoms with Crippen LogP contribution in [-0.4, -0.2) is 20.7 Å². The van der Waals surface area contributed by atoms with Crippen LogP contribution < -0.4 is 9.46 Å². The van der Waals surface area contributed by atoms with E-state index in [1.807, 2.05) is 24.3 Å². The fraction of sp³-hybridized carbons (Fsp3) is 0.471. The summed E-state index contributed by atoms with van der Waals surface area (Å²) in [5.41, 5.74) is 1.25. The van der Waals surface area contributed by atoms with Crippen molar-refractivity contribution in [1.29, 1.82) is 0 Å². The predicted molar refractivity (Wildman–Crippen MR) is 91.5 cm³/mol. The number of nitrogens with zero attached hydrogens (tertiary/aromatic N) is 1. The van der Waals surface area contributed by atoms with Gasteiger partial charge in [-0.1, -0.05) is 31.1 Å². The molecule has 0 amide bonds. The summed E-state index contributed by atoms with van der Waals surface area (Å²) in [7, 11) is -2.13. The molecule has 0 aliphatic carbocycles. The van der Waals surface area contributed by atoms with Gasteiger partial charge in [0.25, 0.3) is 0 Å². The van der Waals surface area contributed by atoms with Gasteiger partial charge in [0.1, 0.15) is 16.3 Å². The average molecular weight is 352 g/mol. The number of rotatable bonds is 7. The molecule has 7 heteroatoms. The van der Waals surface area contributed by atoms with Gasteiger partial charge in [-0.3, -0.25) is 0 Å². The van der Waals surface area contributed by atoms with Gasteiger partial charge in [0, 0.05) is 6.04 Å². The number of hydrogen-bond acceptors (Lipinski definition) is 5. The third kappa shape index (κ3) is 4.15. The fourth-order valence-corrected chi connectivity index (χ4v) is 4.23. The smallest absolute Gasteiger partial charge is 0.246 e. The summed E-state index contributed by atoms with van der Waals surface area (Å²) in [6, 6.07) is 7.07. The highest BCUT2D eigenvalue weighted by Crippen LogP contribution is 2.27. The lowest BCUT2D eigenvalue weighted by Crippen LogP contribution is -2.30. The Hall–Kier alpha value is -1.86. The second kappa shape index (κ2) is 7.36. The highest BCUT2D eigenvalue weighted by molar-refractivity contribution is 7.89. The molecule has 1 atom stereocenters.